The van der Waals surface area contributed by atoms with Crippen LogP contribution in [0.1, 0.15) is 61.8 Å². The number of benzene rings is 2. The summed E-state index contributed by atoms with van der Waals surface area (Å²) in [6, 6.07) is 22.2. The number of hydrogen-bond donors (Lipinski definition) is 0. The molecule has 0 aliphatic rings. The Hall–Kier alpha value is -0.660. The van der Waals surface area contributed by atoms with Crippen molar-refractivity contribution in [2.45, 2.75) is 66.5 Å². The molecule has 0 spiro atoms. The summed E-state index contributed by atoms with van der Waals surface area (Å²) in [6.45, 7) is 17.6. The molecule has 0 aliphatic heterocycles. The van der Waals surface area contributed by atoms with Crippen molar-refractivity contribution in [2.24, 2.45) is 0 Å². The fraction of sp³-hybridized carbons (Fsp3) is 0.357. The number of halogens is 2. The van der Waals surface area contributed by atoms with E-state index in [9.17, 15) is 0 Å². The molecule has 170 valence electrons. The van der Waals surface area contributed by atoms with E-state index in [-0.39, 0.29) is 51.0 Å². The van der Waals surface area contributed by atoms with E-state index in [2.05, 4.69) is 115 Å². The molecule has 0 N–H and O–H groups in total. The molecule has 0 nitrogen and oxygen atoms in total. The van der Waals surface area contributed by atoms with Crippen molar-refractivity contribution in [3.05, 3.63) is 82.9 Å². The van der Waals surface area contributed by atoms with Crippen LogP contribution in [0.15, 0.2) is 60.7 Å². The van der Waals surface area contributed by atoms with Crippen LogP contribution in [0.25, 0.3) is 21.5 Å². The first kappa shape index (κ1) is 33.5. The fourth-order valence-electron chi connectivity index (χ4n) is 3.82. The van der Waals surface area contributed by atoms with Crippen molar-refractivity contribution in [2.75, 3.05) is 0 Å². The molecule has 0 amide bonds. The summed E-state index contributed by atoms with van der Waals surface area (Å²) in [5, 5.41) is 5.61. The maximum Gasteiger partial charge on any atom is 4.00 e. The van der Waals surface area contributed by atoms with Crippen LogP contribution in [0.3, 0.4) is 0 Å². The van der Waals surface area contributed by atoms with E-state index in [0.717, 1.165) is 9.52 Å². The van der Waals surface area contributed by atoms with Crippen LogP contribution < -0.4 is 24.8 Å². The van der Waals surface area contributed by atoms with E-state index in [4.69, 9.17) is 0 Å². The molecule has 4 heteroatoms. The van der Waals surface area contributed by atoms with E-state index in [0.29, 0.717) is 11.8 Å². The topological polar surface area (TPSA) is 0 Å². The second-order valence-corrected chi connectivity index (χ2v) is 9.58. The number of fused-ring (bicyclic) bond motifs is 2. The van der Waals surface area contributed by atoms with Crippen molar-refractivity contribution >= 4 is 31.1 Å². The minimum Gasteiger partial charge on any atom is -1.00 e. The van der Waals surface area contributed by atoms with Crippen LogP contribution in [-0.2, 0) is 26.2 Å². The maximum absolute atomic E-state index is 2.28. The molecule has 0 fully saturated rings. The third-order valence-corrected chi connectivity index (χ3v) is 5.10. The predicted molar refractivity (Wildman–Crippen MR) is 134 cm³/mol. The zero-order valence-electron chi connectivity index (χ0n) is 20.7. The van der Waals surface area contributed by atoms with Gasteiger partial charge in [0.25, 0.3) is 0 Å². The average Bonchev–Trinajstić information content (AvgIpc) is 3.22. The van der Waals surface area contributed by atoms with E-state index < -0.39 is 0 Å². The van der Waals surface area contributed by atoms with Crippen molar-refractivity contribution in [3.8, 4) is 0 Å². The first-order chi connectivity index (χ1) is 13.8. The van der Waals surface area contributed by atoms with Crippen LogP contribution in [0.2, 0.25) is 13.1 Å². The van der Waals surface area contributed by atoms with Crippen LogP contribution in [0, 0.1) is 13.8 Å². The summed E-state index contributed by atoms with van der Waals surface area (Å²) >= 11 is 0. The Morgan fingerprint density at radius 1 is 0.656 bits per heavy atom. The number of hydrogen-bond acceptors (Lipinski definition) is 0. The van der Waals surface area contributed by atoms with Gasteiger partial charge in [-0.1, -0.05) is 77.9 Å². The van der Waals surface area contributed by atoms with Crippen molar-refractivity contribution < 1.29 is 51.0 Å². The van der Waals surface area contributed by atoms with Gasteiger partial charge in [-0.05, 0) is 11.8 Å². The molecule has 0 bridgehead atoms. The second kappa shape index (κ2) is 16.0. The Morgan fingerprint density at radius 3 is 1.25 bits per heavy atom. The fourth-order valence-corrected chi connectivity index (χ4v) is 3.82. The smallest absolute Gasteiger partial charge is 1.00 e. The summed E-state index contributed by atoms with van der Waals surface area (Å²) in [7, 11) is 1.08. The first-order valence-electron chi connectivity index (χ1n) is 10.7. The number of rotatable bonds is 2. The van der Waals surface area contributed by atoms with Gasteiger partial charge in [0.05, 0.1) is 0 Å². The maximum atomic E-state index is 2.28. The van der Waals surface area contributed by atoms with Crippen molar-refractivity contribution in [3.63, 3.8) is 0 Å². The molecule has 0 unspecified atom stereocenters. The summed E-state index contributed by atoms with van der Waals surface area (Å²) < 4.78 is 0. The Kier molecular flexibility index (Phi) is 16.8. The normalized spacial score (nSPS) is 9.81. The van der Waals surface area contributed by atoms with Gasteiger partial charge in [0.2, 0.25) is 0 Å². The van der Waals surface area contributed by atoms with Gasteiger partial charge in [0.1, 0.15) is 0 Å². The minimum atomic E-state index is 0. The monoisotopic (exact) mass is 560 g/mol. The molecule has 0 aliphatic carbocycles. The van der Waals surface area contributed by atoms with Crippen molar-refractivity contribution in [1.82, 2.24) is 0 Å². The van der Waals surface area contributed by atoms with Gasteiger partial charge in [-0.15, -0.1) is 69.1 Å². The molecule has 4 rings (SSSR count). The number of aryl methyl sites for hydroxylation is 2. The summed E-state index contributed by atoms with van der Waals surface area (Å²) in [5.74, 6) is 1.23. The van der Waals surface area contributed by atoms with Gasteiger partial charge in [-0.2, -0.15) is 12.1 Å². The Bertz CT molecular complexity index is 960. The van der Waals surface area contributed by atoms with Crippen LogP contribution in [-0.4, -0.2) is 9.52 Å². The Morgan fingerprint density at radius 2 is 0.969 bits per heavy atom. The zero-order valence-corrected chi connectivity index (χ0v) is 25.7. The molecule has 0 saturated heterocycles. The molecule has 2 radical (unpaired) electrons. The SMILES string of the molecule is C[Si]C.Cc1cc2c(C(C)C)cccc2[cH-]1.Cc1cc2c(C(C)C)cccc2[cH-]1.[Cl-].[Cl-].[Zr+4]. The van der Waals surface area contributed by atoms with Gasteiger partial charge < -0.3 is 24.8 Å². The van der Waals surface area contributed by atoms with Crippen LogP contribution in [0.4, 0.5) is 0 Å². The van der Waals surface area contributed by atoms with Gasteiger partial charge >= 0.3 is 26.2 Å². The standard InChI is InChI=1S/2C13H15.C2H6Si.2ClH.Zr/c2*1-9(2)12-6-4-5-11-7-10(3)8-13(11)12;1-3-2;;;/h2*4-9H,1-3H3;1-2H3;2*1H;/q2*-1;;;;+4/p-2. The van der Waals surface area contributed by atoms with Gasteiger partial charge in [0.15, 0.2) is 0 Å². The molecule has 4 aromatic rings. The summed E-state index contributed by atoms with van der Waals surface area (Å²) in [4.78, 5) is 0. The first-order valence-corrected chi connectivity index (χ1v) is 12.7. The van der Waals surface area contributed by atoms with Crippen LogP contribution >= 0.6 is 0 Å². The quantitative estimate of drug-likeness (QED) is 0.261. The Balaban J connectivity index is 0. The van der Waals surface area contributed by atoms with Gasteiger partial charge in [0, 0.05) is 9.52 Å². The van der Waals surface area contributed by atoms with E-state index in [1.165, 1.54) is 43.8 Å². The predicted octanol–water partition coefficient (Wildman–Crippen LogP) is 2.77. The molecular formula is C28H36Cl2SiZr. The Labute approximate surface area is 230 Å². The average molecular weight is 563 g/mol. The largest absolute Gasteiger partial charge is 4.00 e. The second-order valence-electron chi connectivity index (χ2n) is 8.58. The van der Waals surface area contributed by atoms with E-state index >= 15 is 0 Å². The third-order valence-electron chi connectivity index (χ3n) is 5.10. The molecule has 4 aromatic carbocycles. The summed E-state index contributed by atoms with van der Waals surface area (Å²) in [6.07, 6.45) is 0. The molecule has 0 saturated carbocycles. The van der Waals surface area contributed by atoms with E-state index in [1.54, 1.807) is 0 Å². The molecule has 0 heterocycles. The molecule has 0 atom stereocenters. The van der Waals surface area contributed by atoms with Crippen LogP contribution in [0.5, 0.6) is 0 Å². The third kappa shape index (κ3) is 8.94. The molecule has 0 aromatic heterocycles. The minimum absolute atomic E-state index is 0. The van der Waals surface area contributed by atoms with Crippen molar-refractivity contribution in [1.29, 1.82) is 0 Å². The zero-order chi connectivity index (χ0) is 21.6. The van der Waals surface area contributed by atoms with E-state index in [1.807, 2.05) is 0 Å². The van der Waals surface area contributed by atoms with Gasteiger partial charge in [-0.3, -0.25) is 0 Å². The molecule has 32 heavy (non-hydrogen) atoms. The molecular weight excluding hydrogens is 527 g/mol. The summed E-state index contributed by atoms with van der Waals surface area (Å²) in [5.41, 5.74) is 5.66. The van der Waals surface area contributed by atoms with Gasteiger partial charge in [-0.25, -0.2) is 0 Å².